The molecule has 1 aliphatic rings. The van der Waals surface area contributed by atoms with E-state index in [0.29, 0.717) is 11.6 Å². The highest BCUT2D eigenvalue weighted by molar-refractivity contribution is 5.93. The standard InChI is InChI=1S/C18H18N2O4/c1-20-10-9-19-18(20)14(21)11-13(16-7-8-17(22)24-16)12-5-3-4-6-15(12)23-2/h3-10,13,16H,11H2,1-2H3/t13-,16-/m1/s1. The molecule has 6 nitrogen and oxygen atoms in total. The van der Waals surface area contributed by atoms with Crippen molar-refractivity contribution in [2.75, 3.05) is 7.11 Å². The van der Waals surface area contributed by atoms with E-state index in [4.69, 9.17) is 9.47 Å². The molecule has 124 valence electrons. The number of carbonyl (C=O) groups excluding carboxylic acids is 2. The number of benzene rings is 1. The van der Waals surface area contributed by atoms with Crippen LogP contribution in [0.1, 0.15) is 28.5 Å². The van der Waals surface area contributed by atoms with Gasteiger partial charge < -0.3 is 14.0 Å². The van der Waals surface area contributed by atoms with Crippen molar-refractivity contribution in [2.45, 2.75) is 18.4 Å². The molecule has 1 aromatic heterocycles. The molecule has 0 N–H and O–H groups in total. The third-order valence-electron chi connectivity index (χ3n) is 4.09. The van der Waals surface area contributed by atoms with Crippen molar-refractivity contribution in [3.8, 4) is 5.75 Å². The summed E-state index contributed by atoms with van der Waals surface area (Å²) in [5.41, 5.74) is 0.826. The Bertz CT molecular complexity index is 794. The smallest absolute Gasteiger partial charge is 0.331 e. The van der Waals surface area contributed by atoms with Crippen molar-refractivity contribution in [1.29, 1.82) is 0 Å². The molecule has 0 aliphatic carbocycles. The van der Waals surface area contributed by atoms with Crippen LogP contribution in [0.3, 0.4) is 0 Å². The lowest BCUT2D eigenvalue weighted by Gasteiger charge is -2.23. The van der Waals surface area contributed by atoms with Gasteiger partial charge in [0.15, 0.2) is 11.6 Å². The molecule has 0 radical (unpaired) electrons. The number of hydrogen-bond donors (Lipinski definition) is 0. The summed E-state index contributed by atoms with van der Waals surface area (Å²) < 4.78 is 12.4. The molecule has 1 aromatic carbocycles. The quantitative estimate of drug-likeness (QED) is 0.601. The molecule has 0 amide bonds. The van der Waals surface area contributed by atoms with Crippen LogP contribution < -0.4 is 4.74 Å². The fourth-order valence-electron chi connectivity index (χ4n) is 2.90. The van der Waals surface area contributed by atoms with Crippen molar-refractivity contribution < 1.29 is 19.1 Å². The second-order valence-electron chi connectivity index (χ2n) is 5.60. The minimum Gasteiger partial charge on any atom is -0.496 e. The van der Waals surface area contributed by atoms with E-state index in [1.165, 1.54) is 6.08 Å². The third-order valence-corrected chi connectivity index (χ3v) is 4.09. The first-order valence-electron chi connectivity index (χ1n) is 7.62. The molecule has 0 bridgehead atoms. The molecule has 6 heteroatoms. The fourth-order valence-corrected chi connectivity index (χ4v) is 2.90. The molecule has 3 rings (SSSR count). The summed E-state index contributed by atoms with van der Waals surface area (Å²) >= 11 is 0. The van der Waals surface area contributed by atoms with Crippen LogP contribution in [0.5, 0.6) is 5.75 Å². The number of imidazole rings is 1. The summed E-state index contributed by atoms with van der Waals surface area (Å²) in [6, 6.07) is 7.44. The first-order chi connectivity index (χ1) is 11.6. The van der Waals surface area contributed by atoms with Crippen LogP contribution in [0, 0.1) is 0 Å². The maximum absolute atomic E-state index is 12.7. The van der Waals surface area contributed by atoms with E-state index >= 15 is 0 Å². The van der Waals surface area contributed by atoms with Gasteiger partial charge in [-0.3, -0.25) is 4.79 Å². The zero-order chi connectivity index (χ0) is 17.1. The SMILES string of the molecule is COc1ccccc1[C@@H](CC(=O)c1nccn1C)[C@H]1C=CC(=O)O1. The number of ether oxygens (including phenoxy) is 2. The van der Waals surface area contributed by atoms with Gasteiger partial charge in [0.1, 0.15) is 11.9 Å². The first-order valence-corrected chi connectivity index (χ1v) is 7.62. The maximum Gasteiger partial charge on any atom is 0.331 e. The second kappa shape index (κ2) is 6.70. The lowest BCUT2D eigenvalue weighted by Crippen LogP contribution is -2.23. The molecular weight excluding hydrogens is 308 g/mol. The van der Waals surface area contributed by atoms with Gasteiger partial charge in [-0.1, -0.05) is 18.2 Å². The number of cyclic esters (lactones) is 1. The number of nitrogens with zero attached hydrogens (tertiary/aromatic N) is 2. The Morgan fingerprint density at radius 2 is 2.21 bits per heavy atom. The molecule has 0 unspecified atom stereocenters. The van der Waals surface area contributed by atoms with Crippen LogP contribution >= 0.6 is 0 Å². The number of rotatable bonds is 6. The molecular formula is C18H18N2O4. The fraction of sp³-hybridized carbons (Fsp3) is 0.278. The number of aryl methyl sites for hydroxylation is 1. The van der Waals surface area contributed by atoms with Gasteiger partial charge in [0, 0.05) is 43.4 Å². The normalized spacial score (nSPS) is 17.6. The summed E-state index contributed by atoms with van der Waals surface area (Å²) in [6.07, 6.45) is 6.04. The molecule has 2 atom stereocenters. The summed E-state index contributed by atoms with van der Waals surface area (Å²) in [5, 5.41) is 0. The summed E-state index contributed by atoms with van der Waals surface area (Å²) in [5.74, 6) is 0.182. The molecule has 0 saturated carbocycles. The zero-order valence-electron chi connectivity index (χ0n) is 13.5. The van der Waals surface area contributed by atoms with Crippen molar-refractivity contribution >= 4 is 11.8 Å². The molecule has 0 fully saturated rings. The van der Waals surface area contributed by atoms with Gasteiger partial charge in [-0.25, -0.2) is 9.78 Å². The van der Waals surface area contributed by atoms with Crippen LogP contribution in [0.15, 0.2) is 48.8 Å². The highest BCUT2D eigenvalue weighted by Gasteiger charge is 2.32. The van der Waals surface area contributed by atoms with Crippen LogP contribution in [0.2, 0.25) is 0 Å². The summed E-state index contributed by atoms with van der Waals surface area (Å²) in [6.45, 7) is 0. The van der Waals surface area contributed by atoms with E-state index in [-0.39, 0.29) is 18.1 Å². The Morgan fingerprint density at radius 1 is 1.42 bits per heavy atom. The molecule has 2 heterocycles. The Morgan fingerprint density at radius 3 is 2.83 bits per heavy atom. The van der Waals surface area contributed by atoms with Crippen molar-refractivity contribution in [2.24, 2.45) is 7.05 Å². The summed E-state index contributed by atoms with van der Waals surface area (Å²) in [7, 11) is 3.35. The Balaban J connectivity index is 1.93. The number of esters is 1. The molecule has 1 aliphatic heterocycles. The molecule has 0 saturated heterocycles. The van der Waals surface area contributed by atoms with E-state index in [2.05, 4.69) is 4.98 Å². The lowest BCUT2D eigenvalue weighted by atomic mass is 9.87. The van der Waals surface area contributed by atoms with Crippen LogP contribution in [-0.4, -0.2) is 34.5 Å². The van der Waals surface area contributed by atoms with E-state index in [1.807, 2.05) is 24.3 Å². The van der Waals surface area contributed by atoms with Gasteiger partial charge in [-0.2, -0.15) is 0 Å². The van der Waals surface area contributed by atoms with E-state index in [1.54, 1.807) is 37.2 Å². The highest BCUT2D eigenvalue weighted by atomic mass is 16.5. The molecule has 0 spiro atoms. The van der Waals surface area contributed by atoms with Gasteiger partial charge in [-0.05, 0) is 12.1 Å². The zero-order valence-corrected chi connectivity index (χ0v) is 13.5. The average molecular weight is 326 g/mol. The van der Waals surface area contributed by atoms with Gasteiger partial charge in [0.25, 0.3) is 0 Å². The van der Waals surface area contributed by atoms with E-state index in [9.17, 15) is 9.59 Å². The maximum atomic E-state index is 12.7. The Kier molecular flexibility index (Phi) is 4.46. The predicted octanol–water partition coefficient (Wildman–Crippen LogP) is 2.27. The van der Waals surface area contributed by atoms with E-state index < -0.39 is 12.1 Å². The molecule has 24 heavy (non-hydrogen) atoms. The second-order valence-corrected chi connectivity index (χ2v) is 5.60. The number of para-hydroxylation sites is 1. The minimum atomic E-state index is -0.502. The van der Waals surface area contributed by atoms with Crippen molar-refractivity contribution in [1.82, 2.24) is 9.55 Å². The van der Waals surface area contributed by atoms with Crippen molar-refractivity contribution in [3.63, 3.8) is 0 Å². The van der Waals surface area contributed by atoms with Crippen LogP contribution in [-0.2, 0) is 16.6 Å². The number of aromatic nitrogens is 2. The Hall–Kier alpha value is -2.89. The van der Waals surface area contributed by atoms with Crippen molar-refractivity contribution in [3.05, 3.63) is 60.2 Å². The van der Waals surface area contributed by atoms with Crippen LogP contribution in [0.4, 0.5) is 0 Å². The number of methoxy groups -OCH3 is 1. The number of carbonyl (C=O) groups is 2. The van der Waals surface area contributed by atoms with Gasteiger partial charge in [0.2, 0.25) is 0 Å². The summed E-state index contributed by atoms with van der Waals surface area (Å²) in [4.78, 5) is 28.2. The average Bonchev–Trinajstić information content (AvgIpc) is 3.21. The predicted molar refractivity (Wildman–Crippen MR) is 86.9 cm³/mol. The molecule has 2 aromatic rings. The van der Waals surface area contributed by atoms with Gasteiger partial charge in [-0.15, -0.1) is 0 Å². The first kappa shape index (κ1) is 16.0. The monoisotopic (exact) mass is 326 g/mol. The number of ketones is 1. The highest BCUT2D eigenvalue weighted by Crippen LogP contribution is 2.35. The minimum absolute atomic E-state index is 0.116. The Labute approximate surface area is 139 Å². The van der Waals surface area contributed by atoms with Gasteiger partial charge in [0.05, 0.1) is 7.11 Å². The van der Waals surface area contributed by atoms with E-state index in [0.717, 1.165) is 5.56 Å². The van der Waals surface area contributed by atoms with Crippen LogP contribution in [0.25, 0.3) is 0 Å². The third kappa shape index (κ3) is 3.08. The lowest BCUT2D eigenvalue weighted by molar-refractivity contribution is -0.139. The number of Topliss-reactive ketones (excluding diaryl/α,β-unsaturated/α-hetero) is 1. The largest absolute Gasteiger partial charge is 0.496 e. The van der Waals surface area contributed by atoms with Gasteiger partial charge >= 0.3 is 5.97 Å². The topological polar surface area (TPSA) is 70.4 Å². The number of hydrogen-bond acceptors (Lipinski definition) is 5.